The van der Waals surface area contributed by atoms with Crippen LogP contribution < -0.4 is 0 Å². The zero-order valence-corrected chi connectivity index (χ0v) is 19.8. The summed E-state index contributed by atoms with van der Waals surface area (Å²) in [4.78, 5) is 4.72. The predicted molar refractivity (Wildman–Crippen MR) is 128 cm³/mol. The van der Waals surface area contributed by atoms with E-state index in [-0.39, 0.29) is 6.23 Å². The number of hydrogen-bond acceptors (Lipinski definition) is 2. The first-order valence-corrected chi connectivity index (χ1v) is 12.9. The van der Waals surface area contributed by atoms with E-state index in [9.17, 15) is 5.11 Å². The number of allylic oxidation sites excluding steroid dienone is 1. The Morgan fingerprint density at radius 2 is 1.31 bits per heavy atom. The minimum atomic E-state index is -0.316. The van der Waals surface area contributed by atoms with Crippen molar-refractivity contribution in [1.29, 1.82) is 0 Å². The highest BCUT2D eigenvalue weighted by Crippen LogP contribution is 2.23. The maximum Gasteiger partial charge on any atom is 0.200 e. The van der Waals surface area contributed by atoms with Crippen molar-refractivity contribution in [3.05, 3.63) is 12.7 Å². The third-order valence-corrected chi connectivity index (χ3v) is 6.90. The van der Waals surface area contributed by atoms with Gasteiger partial charge in [0, 0.05) is 13.3 Å². The predicted octanol–water partition coefficient (Wildman–Crippen LogP) is 7.39. The van der Waals surface area contributed by atoms with E-state index in [1.807, 2.05) is 13.0 Å². The summed E-state index contributed by atoms with van der Waals surface area (Å²) in [5, 5.41) is 10.2. The first-order chi connectivity index (χ1) is 14.2. The van der Waals surface area contributed by atoms with E-state index < -0.39 is 0 Å². The molecule has 3 heteroatoms. The van der Waals surface area contributed by atoms with Gasteiger partial charge in [0.25, 0.3) is 0 Å². The van der Waals surface area contributed by atoms with Crippen LogP contribution in [-0.4, -0.2) is 41.3 Å². The van der Waals surface area contributed by atoms with Crippen LogP contribution in [0.3, 0.4) is 0 Å². The van der Waals surface area contributed by atoms with Crippen molar-refractivity contribution in [2.75, 3.05) is 19.6 Å². The molecule has 170 valence electrons. The Labute approximate surface area is 182 Å². The average Bonchev–Trinajstić information content (AvgIpc) is 3.14. The van der Waals surface area contributed by atoms with Crippen LogP contribution in [0.5, 0.6) is 0 Å². The van der Waals surface area contributed by atoms with E-state index in [4.69, 9.17) is 4.99 Å². The van der Waals surface area contributed by atoms with Gasteiger partial charge in [0.2, 0.25) is 5.84 Å². The van der Waals surface area contributed by atoms with E-state index in [2.05, 4.69) is 13.5 Å². The van der Waals surface area contributed by atoms with Crippen LogP contribution >= 0.6 is 0 Å². The molecule has 3 nitrogen and oxygen atoms in total. The van der Waals surface area contributed by atoms with Gasteiger partial charge in [0.05, 0.1) is 13.1 Å². The lowest BCUT2D eigenvalue weighted by molar-refractivity contribution is -0.882. The number of aliphatic imine (C=N–C) groups is 1. The standard InChI is InChI=1S/C26H51N2O/c1-4-6-7-8-9-10-11-12-13-14-15-16-17-18-19-20-21-22-26-27-23-24-28(26,5-2)25(3)29/h4,25,29H,1,5-24H2,2-3H3/q+1. The number of nitrogens with zero attached hydrogens (tertiary/aromatic N) is 2. The number of unbranched alkanes of at least 4 members (excludes halogenated alkanes) is 15. The summed E-state index contributed by atoms with van der Waals surface area (Å²) >= 11 is 0. The van der Waals surface area contributed by atoms with E-state index in [1.165, 1.54) is 109 Å². The molecule has 0 saturated carbocycles. The zero-order valence-electron chi connectivity index (χ0n) is 19.8. The minimum Gasteiger partial charge on any atom is -0.345 e. The number of likely N-dealkylation sites (N-methyl/N-ethyl adjacent to an activating group) is 1. The molecule has 0 aromatic rings. The molecule has 1 N–H and O–H groups in total. The van der Waals surface area contributed by atoms with Gasteiger partial charge in [-0.3, -0.25) is 4.48 Å². The van der Waals surface area contributed by atoms with Crippen molar-refractivity contribution in [1.82, 2.24) is 0 Å². The molecule has 0 spiro atoms. The SMILES string of the molecule is C=CCCCCCCCCCCCCCCCCCC1=NCC[N+]1(CC)C(C)O. The first-order valence-electron chi connectivity index (χ1n) is 12.9. The molecule has 2 unspecified atom stereocenters. The lowest BCUT2D eigenvalue weighted by atomic mass is 10.0. The van der Waals surface area contributed by atoms with Crippen LogP contribution in [0.4, 0.5) is 0 Å². The molecule has 0 fully saturated rings. The van der Waals surface area contributed by atoms with Gasteiger partial charge in [-0.15, -0.1) is 6.58 Å². The maximum atomic E-state index is 10.2. The van der Waals surface area contributed by atoms with Crippen LogP contribution in [0, 0.1) is 0 Å². The van der Waals surface area contributed by atoms with Crippen LogP contribution in [0.15, 0.2) is 17.6 Å². The topological polar surface area (TPSA) is 32.6 Å². The van der Waals surface area contributed by atoms with Crippen molar-refractivity contribution in [3.8, 4) is 0 Å². The van der Waals surface area contributed by atoms with Crippen molar-refractivity contribution in [2.45, 2.75) is 129 Å². The molecule has 29 heavy (non-hydrogen) atoms. The Morgan fingerprint density at radius 3 is 1.72 bits per heavy atom. The van der Waals surface area contributed by atoms with Gasteiger partial charge >= 0.3 is 0 Å². The zero-order chi connectivity index (χ0) is 21.2. The van der Waals surface area contributed by atoms with Crippen molar-refractivity contribution in [3.63, 3.8) is 0 Å². The maximum absolute atomic E-state index is 10.2. The molecule has 0 amide bonds. The number of aliphatic hydroxyl groups excluding tert-OH is 1. The van der Waals surface area contributed by atoms with Crippen LogP contribution in [-0.2, 0) is 0 Å². The summed E-state index contributed by atoms with van der Waals surface area (Å²) < 4.78 is 0.718. The molecule has 0 aromatic carbocycles. The Hall–Kier alpha value is -0.670. The molecule has 1 heterocycles. The number of aliphatic hydroxyl groups is 1. The molecule has 1 aliphatic heterocycles. The van der Waals surface area contributed by atoms with Gasteiger partial charge in [-0.1, -0.05) is 89.5 Å². The minimum absolute atomic E-state index is 0.316. The monoisotopic (exact) mass is 407 g/mol. The fourth-order valence-electron chi connectivity index (χ4n) is 4.81. The second-order valence-electron chi connectivity index (χ2n) is 9.13. The van der Waals surface area contributed by atoms with Crippen LogP contribution in [0.2, 0.25) is 0 Å². The van der Waals surface area contributed by atoms with Gasteiger partial charge in [-0.2, -0.15) is 0 Å². The lowest BCUT2D eigenvalue weighted by Crippen LogP contribution is -2.56. The van der Waals surface area contributed by atoms with E-state index in [1.54, 1.807) is 0 Å². The normalized spacial score (nSPS) is 20.0. The largest absolute Gasteiger partial charge is 0.345 e. The molecule has 0 radical (unpaired) electrons. The lowest BCUT2D eigenvalue weighted by Gasteiger charge is -2.36. The summed E-state index contributed by atoms with van der Waals surface area (Å²) in [6.07, 6.45) is 24.9. The first kappa shape index (κ1) is 26.4. The molecule has 0 bridgehead atoms. The third-order valence-electron chi connectivity index (χ3n) is 6.90. The molecule has 1 rings (SSSR count). The van der Waals surface area contributed by atoms with E-state index in [0.29, 0.717) is 0 Å². The van der Waals surface area contributed by atoms with E-state index >= 15 is 0 Å². The van der Waals surface area contributed by atoms with Crippen LogP contribution in [0.1, 0.15) is 123 Å². The number of quaternary nitrogens is 1. The van der Waals surface area contributed by atoms with Crippen LogP contribution in [0.25, 0.3) is 0 Å². The summed E-state index contributed by atoms with van der Waals surface area (Å²) in [6.45, 7) is 10.7. The fourth-order valence-corrected chi connectivity index (χ4v) is 4.81. The molecule has 0 saturated heterocycles. The molecule has 0 aromatic heterocycles. The van der Waals surface area contributed by atoms with Crippen molar-refractivity contribution < 1.29 is 9.59 Å². The summed E-state index contributed by atoms with van der Waals surface area (Å²) in [7, 11) is 0. The van der Waals surface area contributed by atoms with Gasteiger partial charge in [0.15, 0.2) is 6.23 Å². The number of rotatable bonds is 20. The average molecular weight is 408 g/mol. The molecule has 1 aliphatic rings. The highest BCUT2D eigenvalue weighted by molar-refractivity contribution is 5.76. The summed E-state index contributed by atoms with van der Waals surface area (Å²) in [5.74, 6) is 1.25. The molecule has 2 atom stereocenters. The van der Waals surface area contributed by atoms with Gasteiger partial charge in [-0.25, -0.2) is 4.99 Å². The van der Waals surface area contributed by atoms with Gasteiger partial charge in [0.1, 0.15) is 6.54 Å². The third kappa shape index (κ3) is 10.8. The Balaban J connectivity index is 1.85. The Kier molecular flexibility index (Phi) is 15.5. The molecular weight excluding hydrogens is 356 g/mol. The second kappa shape index (κ2) is 17.1. The Morgan fingerprint density at radius 1 is 0.862 bits per heavy atom. The highest BCUT2D eigenvalue weighted by atomic mass is 16.3. The Bertz CT molecular complexity index is 432. The molecule has 0 aliphatic carbocycles. The number of hydrogen-bond donors (Lipinski definition) is 1. The van der Waals surface area contributed by atoms with Gasteiger partial charge < -0.3 is 5.11 Å². The van der Waals surface area contributed by atoms with Crippen molar-refractivity contribution in [2.24, 2.45) is 4.99 Å². The fraction of sp³-hybridized carbons (Fsp3) is 0.885. The molecular formula is C26H51N2O+. The number of amidine groups is 1. The quantitative estimate of drug-likeness (QED) is 0.127. The summed E-state index contributed by atoms with van der Waals surface area (Å²) in [6, 6.07) is 0. The second-order valence-corrected chi connectivity index (χ2v) is 9.13. The van der Waals surface area contributed by atoms with Gasteiger partial charge in [-0.05, 0) is 26.2 Å². The van der Waals surface area contributed by atoms with E-state index in [0.717, 1.165) is 30.5 Å². The highest BCUT2D eigenvalue weighted by Gasteiger charge is 2.40. The van der Waals surface area contributed by atoms with Crippen molar-refractivity contribution >= 4 is 5.84 Å². The summed E-state index contributed by atoms with van der Waals surface area (Å²) in [5.41, 5.74) is 0. The smallest absolute Gasteiger partial charge is 0.200 e.